The number of methoxy groups -OCH3 is 1. The lowest BCUT2D eigenvalue weighted by molar-refractivity contribution is -0.148. The van der Waals surface area contributed by atoms with Gasteiger partial charge in [0, 0.05) is 13.5 Å². The molecule has 0 saturated carbocycles. The summed E-state index contributed by atoms with van der Waals surface area (Å²) in [7, 11) is 1.67. The van der Waals surface area contributed by atoms with Crippen molar-refractivity contribution in [3.63, 3.8) is 0 Å². The first-order valence-corrected chi connectivity index (χ1v) is 7.29. The number of rotatable bonds is 4. The van der Waals surface area contributed by atoms with E-state index in [9.17, 15) is 4.79 Å². The first-order valence-electron chi connectivity index (χ1n) is 7.29. The monoisotopic (exact) mass is 284 g/mol. The molecule has 21 heavy (non-hydrogen) atoms. The van der Waals surface area contributed by atoms with Crippen LogP contribution in [0, 0.1) is 5.41 Å². The molecule has 2 aliphatic rings. The van der Waals surface area contributed by atoms with Crippen LogP contribution in [0.2, 0.25) is 0 Å². The highest BCUT2D eigenvalue weighted by atomic mass is 16.6. The molecule has 1 aromatic carbocycles. The normalized spacial score (nSPS) is 31.3. The van der Waals surface area contributed by atoms with Gasteiger partial charge in [0.15, 0.2) is 0 Å². The lowest BCUT2D eigenvalue weighted by Gasteiger charge is -2.28. The van der Waals surface area contributed by atoms with Crippen molar-refractivity contribution in [2.75, 3.05) is 7.11 Å². The summed E-state index contributed by atoms with van der Waals surface area (Å²) < 4.78 is 11.0. The molecule has 0 spiro atoms. The van der Waals surface area contributed by atoms with Gasteiger partial charge >= 0.3 is 5.97 Å². The molecular formula is C18H20O3. The minimum absolute atomic E-state index is 0.138. The third-order valence-corrected chi connectivity index (χ3v) is 4.26. The van der Waals surface area contributed by atoms with E-state index >= 15 is 0 Å². The van der Waals surface area contributed by atoms with Crippen LogP contribution in [0.5, 0.6) is 0 Å². The van der Waals surface area contributed by atoms with Crippen LogP contribution in [-0.4, -0.2) is 25.3 Å². The molecule has 1 saturated heterocycles. The number of ether oxygens (including phenoxy) is 2. The lowest BCUT2D eigenvalue weighted by Crippen LogP contribution is -2.33. The van der Waals surface area contributed by atoms with Gasteiger partial charge in [-0.15, -0.1) is 0 Å². The summed E-state index contributed by atoms with van der Waals surface area (Å²) in [6.07, 6.45) is 7.45. The Kier molecular flexibility index (Phi) is 3.68. The Hall–Kier alpha value is -1.87. The number of carbonyl (C=O) groups excluding carboxylic acids is 1. The van der Waals surface area contributed by atoms with Crippen LogP contribution in [0.1, 0.15) is 18.9 Å². The molecule has 2 bridgehead atoms. The summed E-state index contributed by atoms with van der Waals surface area (Å²) in [6.45, 7) is 1.94. The summed E-state index contributed by atoms with van der Waals surface area (Å²) in [6, 6.07) is 10.3. The Morgan fingerprint density at radius 2 is 2.14 bits per heavy atom. The number of hydrogen-bond donors (Lipinski definition) is 0. The van der Waals surface area contributed by atoms with Gasteiger partial charge < -0.3 is 9.47 Å². The Morgan fingerprint density at radius 3 is 2.86 bits per heavy atom. The van der Waals surface area contributed by atoms with E-state index in [1.165, 1.54) is 5.56 Å². The molecular weight excluding hydrogens is 264 g/mol. The fourth-order valence-corrected chi connectivity index (χ4v) is 3.14. The SMILES string of the molecule is COC1C(C=CCc2ccccc2)=CC2(C)CC1OC2=O. The Labute approximate surface area is 125 Å². The molecule has 3 heteroatoms. The van der Waals surface area contributed by atoms with Crippen molar-refractivity contribution in [2.24, 2.45) is 5.41 Å². The zero-order chi connectivity index (χ0) is 14.9. The molecule has 1 aliphatic heterocycles. The van der Waals surface area contributed by atoms with E-state index in [4.69, 9.17) is 9.47 Å². The van der Waals surface area contributed by atoms with Gasteiger partial charge in [0.05, 0.1) is 5.41 Å². The van der Waals surface area contributed by atoms with Crippen molar-refractivity contribution in [2.45, 2.75) is 32.0 Å². The predicted molar refractivity (Wildman–Crippen MR) is 80.8 cm³/mol. The Balaban J connectivity index is 1.78. The van der Waals surface area contributed by atoms with E-state index in [-0.39, 0.29) is 18.2 Å². The molecule has 3 atom stereocenters. The highest BCUT2D eigenvalue weighted by Gasteiger charge is 2.51. The van der Waals surface area contributed by atoms with Crippen LogP contribution in [-0.2, 0) is 20.7 Å². The standard InChI is InChI=1S/C18H20O3/c1-18-11-14(10-6-9-13-7-4-3-5-8-13)16(20-2)15(12-18)21-17(18)19/h3-8,10-11,15-16H,9,12H2,1-2H3. The molecule has 3 unspecified atom stereocenters. The molecule has 0 aromatic heterocycles. The van der Waals surface area contributed by atoms with Gasteiger partial charge in [0.2, 0.25) is 0 Å². The predicted octanol–water partition coefficient (Wildman–Crippen LogP) is 3.06. The lowest BCUT2D eigenvalue weighted by atomic mass is 9.77. The maximum Gasteiger partial charge on any atom is 0.316 e. The molecule has 0 radical (unpaired) electrons. The second-order valence-electron chi connectivity index (χ2n) is 5.96. The second-order valence-corrected chi connectivity index (χ2v) is 5.96. The quantitative estimate of drug-likeness (QED) is 0.797. The van der Waals surface area contributed by atoms with Crippen molar-refractivity contribution in [3.8, 4) is 0 Å². The second kappa shape index (κ2) is 5.49. The van der Waals surface area contributed by atoms with Crippen molar-refractivity contribution in [3.05, 3.63) is 59.7 Å². The van der Waals surface area contributed by atoms with Gasteiger partial charge in [-0.3, -0.25) is 4.79 Å². The highest BCUT2D eigenvalue weighted by Crippen LogP contribution is 2.44. The zero-order valence-corrected chi connectivity index (χ0v) is 12.4. The summed E-state index contributed by atoms with van der Waals surface area (Å²) >= 11 is 0. The topological polar surface area (TPSA) is 35.5 Å². The van der Waals surface area contributed by atoms with Crippen LogP contribution < -0.4 is 0 Å². The van der Waals surface area contributed by atoms with Crippen LogP contribution in [0.4, 0.5) is 0 Å². The summed E-state index contributed by atoms with van der Waals surface area (Å²) in [5, 5.41) is 0. The number of carbonyl (C=O) groups is 1. The summed E-state index contributed by atoms with van der Waals surface area (Å²) in [5.41, 5.74) is 1.81. The molecule has 1 aromatic rings. The van der Waals surface area contributed by atoms with E-state index in [0.717, 1.165) is 12.0 Å². The van der Waals surface area contributed by atoms with Crippen molar-refractivity contribution >= 4 is 5.97 Å². The van der Waals surface area contributed by atoms with Crippen LogP contribution in [0.25, 0.3) is 0 Å². The summed E-state index contributed by atoms with van der Waals surface area (Å²) in [5.74, 6) is -0.138. The smallest absolute Gasteiger partial charge is 0.316 e. The molecule has 1 fully saturated rings. The van der Waals surface area contributed by atoms with E-state index in [2.05, 4.69) is 24.3 Å². The average molecular weight is 284 g/mol. The Bertz CT molecular complexity index is 588. The van der Waals surface area contributed by atoms with Gasteiger partial charge in [-0.2, -0.15) is 0 Å². The first kappa shape index (κ1) is 14.1. The average Bonchev–Trinajstić information content (AvgIpc) is 2.71. The molecule has 1 aliphatic carbocycles. The molecule has 1 heterocycles. The van der Waals surface area contributed by atoms with E-state index in [1.807, 2.05) is 31.2 Å². The highest BCUT2D eigenvalue weighted by molar-refractivity contribution is 5.82. The minimum Gasteiger partial charge on any atom is -0.459 e. The fraction of sp³-hybridized carbons (Fsp3) is 0.389. The molecule has 110 valence electrons. The maximum atomic E-state index is 11.9. The fourth-order valence-electron chi connectivity index (χ4n) is 3.14. The van der Waals surface area contributed by atoms with Gasteiger partial charge in [-0.05, 0) is 24.5 Å². The van der Waals surface area contributed by atoms with Crippen LogP contribution in [0.15, 0.2) is 54.1 Å². The van der Waals surface area contributed by atoms with Gasteiger partial charge in [-0.25, -0.2) is 0 Å². The third kappa shape index (κ3) is 2.66. The number of allylic oxidation sites excluding steroid dienone is 1. The first-order chi connectivity index (χ1) is 10.1. The van der Waals surface area contributed by atoms with E-state index < -0.39 is 5.41 Å². The molecule has 3 nitrogen and oxygen atoms in total. The van der Waals surface area contributed by atoms with Crippen molar-refractivity contribution in [1.29, 1.82) is 0 Å². The number of esters is 1. The Morgan fingerprint density at radius 1 is 1.38 bits per heavy atom. The van der Waals surface area contributed by atoms with Gasteiger partial charge in [0.25, 0.3) is 0 Å². The maximum absolute atomic E-state index is 11.9. The summed E-state index contributed by atoms with van der Waals surface area (Å²) in [4.78, 5) is 11.9. The molecule has 3 rings (SSSR count). The van der Waals surface area contributed by atoms with Gasteiger partial charge in [-0.1, -0.05) is 48.6 Å². The van der Waals surface area contributed by atoms with E-state index in [1.54, 1.807) is 7.11 Å². The third-order valence-electron chi connectivity index (χ3n) is 4.26. The van der Waals surface area contributed by atoms with Crippen LogP contribution in [0.3, 0.4) is 0 Å². The number of benzene rings is 1. The van der Waals surface area contributed by atoms with Crippen LogP contribution >= 0.6 is 0 Å². The number of fused-ring (bicyclic) bond motifs is 2. The molecule has 0 amide bonds. The zero-order valence-electron chi connectivity index (χ0n) is 12.4. The van der Waals surface area contributed by atoms with Gasteiger partial charge in [0.1, 0.15) is 12.2 Å². The molecule has 0 N–H and O–H groups in total. The largest absolute Gasteiger partial charge is 0.459 e. The van der Waals surface area contributed by atoms with Crippen molar-refractivity contribution in [1.82, 2.24) is 0 Å². The van der Waals surface area contributed by atoms with Crippen molar-refractivity contribution < 1.29 is 14.3 Å². The van der Waals surface area contributed by atoms with E-state index in [0.29, 0.717) is 6.42 Å². The number of hydrogen-bond acceptors (Lipinski definition) is 3. The minimum atomic E-state index is -0.494.